The second kappa shape index (κ2) is 45.1. The molecule has 0 unspecified atom stereocenters. The molecule has 55 heavy (non-hydrogen) atoms. The Hall–Kier alpha value is -1.59. The van der Waals surface area contributed by atoms with Gasteiger partial charge in [0, 0.05) is 19.3 Å². The Kier molecular flexibility index (Phi) is 43.8. The minimum atomic E-state index is -0.758. The van der Waals surface area contributed by atoms with Crippen LogP contribution in [0.15, 0.2) is 0 Å². The van der Waals surface area contributed by atoms with Gasteiger partial charge in [-0.2, -0.15) is 0 Å². The summed E-state index contributed by atoms with van der Waals surface area (Å²) in [5.74, 6) is -0.852. The molecule has 326 valence electrons. The standard InChI is InChI=1S/C49H94O6/c1-4-7-10-13-16-18-20-22-24-26-28-30-33-36-39-42-48(51)54-45-46(44-53-47(50)41-38-35-32-15-12-9-6-3)55-49(52)43-40-37-34-31-29-27-25-23-21-19-17-14-11-8-5-2/h46H,4-45H2,1-3H3/t46-/m1/s1. The molecule has 0 aromatic heterocycles. The first-order valence-corrected chi connectivity index (χ1v) is 24.5. The summed E-state index contributed by atoms with van der Waals surface area (Å²) in [4.78, 5) is 37.7. The van der Waals surface area contributed by atoms with Crippen LogP contribution in [0, 0.1) is 0 Å². The number of carbonyl (C=O) groups excluding carboxylic acids is 3. The number of rotatable bonds is 45. The second-order valence-corrected chi connectivity index (χ2v) is 16.7. The van der Waals surface area contributed by atoms with Gasteiger partial charge >= 0.3 is 17.9 Å². The molecule has 0 saturated heterocycles. The van der Waals surface area contributed by atoms with E-state index in [0.717, 1.165) is 57.8 Å². The summed E-state index contributed by atoms with van der Waals surface area (Å²) >= 11 is 0. The van der Waals surface area contributed by atoms with Crippen molar-refractivity contribution in [3.05, 3.63) is 0 Å². The number of unbranched alkanes of at least 4 members (excludes halogenated alkanes) is 34. The van der Waals surface area contributed by atoms with Crippen molar-refractivity contribution in [2.24, 2.45) is 0 Å². The molecule has 0 rings (SSSR count). The van der Waals surface area contributed by atoms with Gasteiger partial charge in [-0.1, -0.05) is 239 Å². The monoisotopic (exact) mass is 779 g/mol. The average molecular weight is 779 g/mol. The summed E-state index contributed by atoms with van der Waals surface area (Å²) in [6, 6.07) is 0. The minimum Gasteiger partial charge on any atom is -0.462 e. The van der Waals surface area contributed by atoms with E-state index in [4.69, 9.17) is 14.2 Å². The fourth-order valence-corrected chi connectivity index (χ4v) is 7.38. The molecule has 0 aliphatic carbocycles. The summed E-state index contributed by atoms with van der Waals surface area (Å²) in [5, 5.41) is 0. The fourth-order valence-electron chi connectivity index (χ4n) is 7.38. The number of hydrogen-bond acceptors (Lipinski definition) is 6. The summed E-state index contributed by atoms with van der Waals surface area (Å²) in [7, 11) is 0. The van der Waals surface area contributed by atoms with Gasteiger partial charge in [0.05, 0.1) is 0 Å². The predicted octanol–water partition coefficient (Wildman–Crippen LogP) is 15.6. The predicted molar refractivity (Wildman–Crippen MR) is 233 cm³/mol. The molecule has 0 saturated carbocycles. The van der Waals surface area contributed by atoms with E-state index in [1.165, 1.54) is 180 Å². The lowest BCUT2D eigenvalue weighted by atomic mass is 10.0. The largest absolute Gasteiger partial charge is 0.462 e. The van der Waals surface area contributed by atoms with Crippen LogP contribution in [0.2, 0.25) is 0 Å². The van der Waals surface area contributed by atoms with Crippen LogP contribution < -0.4 is 0 Å². The molecule has 0 aliphatic heterocycles. The minimum absolute atomic E-state index is 0.0626. The van der Waals surface area contributed by atoms with Crippen LogP contribution >= 0.6 is 0 Å². The summed E-state index contributed by atoms with van der Waals surface area (Å²) in [6.07, 6.45) is 46.7. The van der Waals surface area contributed by atoms with Crippen LogP contribution in [0.25, 0.3) is 0 Å². The molecule has 0 spiro atoms. The highest BCUT2D eigenvalue weighted by atomic mass is 16.6. The van der Waals surface area contributed by atoms with Gasteiger partial charge in [0.25, 0.3) is 0 Å². The third-order valence-corrected chi connectivity index (χ3v) is 11.1. The Morgan fingerprint density at radius 3 is 0.727 bits per heavy atom. The molecule has 0 aliphatic rings. The first kappa shape index (κ1) is 53.4. The van der Waals surface area contributed by atoms with Crippen LogP contribution in [0.4, 0.5) is 0 Å². The zero-order chi connectivity index (χ0) is 40.1. The van der Waals surface area contributed by atoms with E-state index in [9.17, 15) is 14.4 Å². The second-order valence-electron chi connectivity index (χ2n) is 16.7. The van der Waals surface area contributed by atoms with Crippen molar-refractivity contribution >= 4 is 17.9 Å². The summed E-state index contributed by atoms with van der Waals surface area (Å²) < 4.78 is 16.7. The van der Waals surface area contributed by atoms with Gasteiger partial charge in [-0.3, -0.25) is 14.4 Å². The molecule has 0 amide bonds. The molecule has 0 N–H and O–H groups in total. The number of ether oxygens (including phenoxy) is 3. The van der Waals surface area contributed by atoms with Gasteiger partial charge in [-0.05, 0) is 19.3 Å². The maximum Gasteiger partial charge on any atom is 0.306 e. The van der Waals surface area contributed by atoms with E-state index in [1.807, 2.05) is 0 Å². The third-order valence-electron chi connectivity index (χ3n) is 11.1. The van der Waals surface area contributed by atoms with Gasteiger partial charge in [0.15, 0.2) is 6.10 Å². The molecule has 0 heterocycles. The third kappa shape index (κ3) is 43.4. The van der Waals surface area contributed by atoms with E-state index >= 15 is 0 Å². The molecule has 6 heteroatoms. The Morgan fingerprint density at radius 1 is 0.291 bits per heavy atom. The maximum atomic E-state index is 12.7. The van der Waals surface area contributed by atoms with Crippen LogP contribution in [0.1, 0.15) is 278 Å². The van der Waals surface area contributed by atoms with Crippen LogP contribution in [-0.4, -0.2) is 37.2 Å². The van der Waals surface area contributed by atoms with Crippen molar-refractivity contribution in [1.82, 2.24) is 0 Å². The zero-order valence-electron chi connectivity index (χ0n) is 37.2. The highest BCUT2D eigenvalue weighted by Gasteiger charge is 2.19. The molecule has 0 radical (unpaired) electrons. The topological polar surface area (TPSA) is 78.9 Å². The Labute approximate surface area is 342 Å². The number of esters is 3. The lowest BCUT2D eigenvalue weighted by molar-refractivity contribution is -0.167. The molecule has 0 bridgehead atoms. The van der Waals surface area contributed by atoms with Crippen molar-refractivity contribution in [3.63, 3.8) is 0 Å². The van der Waals surface area contributed by atoms with E-state index in [2.05, 4.69) is 20.8 Å². The molecule has 0 fully saturated rings. The van der Waals surface area contributed by atoms with E-state index in [1.54, 1.807) is 0 Å². The van der Waals surface area contributed by atoms with Crippen molar-refractivity contribution in [3.8, 4) is 0 Å². The van der Waals surface area contributed by atoms with Crippen molar-refractivity contribution in [2.45, 2.75) is 284 Å². The van der Waals surface area contributed by atoms with Gasteiger partial charge in [-0.15, -0.1) is 0 Å². The normalized spacial score (nSPS) is 11.8. The zero-order valence-corrected chi connectivity index (χ0v) is 37.2. The Bertz CT molecular complexity index is 813. The van der Waals surface area contributed by atoms with Crippen LogP contribution in [0.3, 0.4) is 0 Å². The first-order valence-electron chi connectivity index (χ1n) is 24.5. The number of hydrogen-bond donors (Lipinski definition) is 0. The Balaban J connectivity index is 4.22. The van der Waals surface area contributed by atoms with Crippen molar-refractivity contribution in [2.75, 3.05) is 13.2 Å². The van der Waals surface area contributed by atoms with Crippen LogP contribution in [0.5, 0.6) is 0 Å². The lowest BCUT2D eigenvalue weighted by Crippen LogP contribution is -2.30. The first-order chi connectivity index (χ1) is 27.0. The van der Waals surface area contributed by atoms with E-state index in [-0.39, 0.29) is 31.1 Å². The molecule has 1 atom stereocenters. The molecular weight excluding hydrogens is 685 g/mol. The molecule has 6 nitrogen and oxygen atoms in total. The van der Waals surface area contributed by atoms with Gasteiger partial charge < -0.3 is 14.2 Å². The molecule has 0 aromatic carbocycles. The lowest BCUT2D eigenvalue weighted by Gasteiger charge is -2.18. The van der Waals surface area contributed by atoms with Gasteiger partial charge in [0.1, 0.15) is 13.2 Å². The van der Waals surface area contributed by atoms with Gasteiger partial charge in [-0.25, -0.2) is 0 Å². The number of carbonyl (C=O) groups is 3. The quantitative estimate of drug-likeness (QED) is 0.0348. The summed E-state index contributed by atoms with van der Waals surface area (Å²) in [5.41, 5.74) is 0. The average Bonchev–Trinajstić information content (AvgIpc) is 3.18. The van der Waals surface area contributed by atoms with E-state index in [0.29, 0.717) is 19.3 Å². The van der Waals surface area contributed by atoms with Crippen molar-refractivity contribution < 1.29 is 28.6 Å². The fraction of sp³-hybridized carbons (Fsp3) is 0.939. The molecular formula is C49H94O6. The smallest absolute Gasteiger partial charge is 0.306 e. The van der Waals surface area contributed by atoms with Crippen molar-refractivity contribution in [1.29, 1.82) is 0 Å². The summed E-state index contributed by atoms with van der Waals surface area (Å²) in [6.45, 7) is 6.63. The maximum absolute atomic E-state index is 12.7. The Morgan fingerprint density at radius 2 is 0.491 bits per heavy atom. The highest BCUT2D eigenvalue weighted by molar-refractivity contribution is 5.71. The SMILES string of the molecule is CCCCCCCCCCCCCCCCCC(=O)OC[C@@H](COC(=O)CCCCCCCCC)OC(=O)CCCCCCCCCCCCCCCCC. The highest BCUT2D eigenvalue weighted by Crippen LogP contribution is 2.16. The molecule has 0 aromatic rings. The van der Waals surface area contributed by atoms with Gasteiger partial charge in [0.2, 0.25) is 0 Å². The van der Waals surface area contributed by atoms with E-state index < -0.39 is 6.10 Å². The van der Waals surface area contributed by atoms with Crippen LogP contribution in [-0.2, 0) is 28.6 Å².